The molecule has 1 aromatic heterocycles. The molecule has 4 rings (SSSR count). The van der Waals surface area contributed by atoms with Crippen LogP contribution in [0.2, 0.25) is 0 Å². The molecule has 0 saturated carbocycles. The quantitative estimate of drug-likeness (QED) is 0.0932. The van der Waals surface area contributed by atoms with Gasteiger partial charge < -0.3 is 15.4 Å². The Morgan fingerprint density at radius 1 is 1.23 bits per heavy atom. The minimum absolute atomic E-state index is 0.0360. The number of carbonyl (C=O) groups excluding carboxylic acids is 1. The summed E-state index contributed by atoms with van der Waals surface area (Å²) >= 11 is 1.20. The Balaban J connectivity index is 1.41. The number of thioether (sulfide) groups is 1. The van der Waals surface area contributed by atoms with Crippen molar-refractivity contribution in [2.24, 2.45) is 11.1 Å². The average Bonchev–Trinajstić information content (AvgIpc) is 2.97. The fourth-order valence-electron chi connectivity index (χ4n) is 5.26. The van der Waals surface area contributed by atoms with Crippen LogP contribution < -0.4 is 16.0 Å². The molecular weight excluding hydrogens is 548 g/mol. The number of nitrogens with one attached hydrogen (secondary N) is 1. The van der Waals surface area contributed by atoms with Crippen molar-refractivity contribution in [3.63, 3.8) is 0 Å². The monoisotopic (exact) mass is 580 g/mol. The van der Waals surface area contributed by atoms with E-state index in [9.17, 15) is 23.2 Å². The number of carbonyl (C=O) groups is 1. The molecule has 1 aliphatic rings. The van der Waals surface area contributed by atoms with E-state index in [0.717, 1.165) is 12.1 Å². The highest BCUT2D eigenvalue weighted by Gasteiger charge is 2.41. The number of hydroxylamine groups is 1. The molecule has 12 heteroatoms. The number of methoxy groups -OCH3 is 1. The molecule has 7 nitrogen and oxygen atoms in total. The molecule has 0 radical (unpaired) electrons. The topological polar surface area (TPSA) is 101 Å². The number of alkyl halides is 1. The van der Waals surface area contributed by atoms with E-state index in [0.29, 0.717) is 66.0 Å². The predicted molar refractivity (Wildman–Crippen MR) is 144 cm³/mol. The fraction of sp³-hybridized carbons (Fsp3) is 0.429. The van der Waals surface area contributed by atoms with Crippen LogP contribution in [-0.2, 0) is 11.3 Å². The lowest BCUT2D eigenvalue weighted by Crippen LogP contribution is -2.48. The summed E-state index contributed by atoms with van der Waals surface area (Å²) < 4.78 is 61.3. The Labute approximate surface area is 234 Å². The van der Waals surface area contributed by atoms with Gasteiger partial charge in [0.2, 0.25) is 5.91 Å². The van der Waals surface area contributed by atoms with E-state index in [-0.39, 0.29) is 24.3 Å². The molecule has 3 aromatic rings. The molecule has 40 heavy (non-hydrogen) atoms. The molecule has 0 bridgehead atoms. The van der Waals surface area contributed by atoms with Crippen molar-refractivity contribution in [1.82, 2.24) is 15.4 Å². The van der Waals surface area contributed by atoms with E-state index in [4.69, 9.17) is 10.5 Å². The van der Waals surface area contributed by atoms with Crippen LogP contribution in [0.4, 0.5) is 17.6 Å². The molecule has 2 aromatic carbocycles. The summed E-state index contributed by atoms with van der Waals surface area (Å²) in [6.45, 7) is 1.70. The summed E-state index contributed by atoms with van der Waals surface area (Å²) in [6, 6.07) is 7.15. The van der Waals surface area contributed by atoms with E-state index >= 15 is 4.39 Å². The van der Waals surface area contributed by atoms with Crippen LogP contribution in [0, 0.1) is 22.9 Å². The summed E-state index contributed by atoms with van der Waals surface area (Å²) in [4.78, 5) is 19.6. The predicted octanol–water partition coefficient (Wildman–Crippen LogP) is 5.29. The molecule has 2 heterocycles. The second-order valence-electron chi connectivity index (χ2n) is 9.90. The van der Waals surface area contributed by atoms with Gasteiger partial charge in [-0.25, -0.2) is 23.0 Å². The first-order valence-electron chi connectivity index (χ1n) is 12.9. The van der Waals surface area contributed by atoms with Crippen molar-refractivity contribution >= 4 is 28.6 Å². The van der Waals surface area contributed by atoms with Gasteiger partial charge in [-0.3, -0.25) is 15.0 Å². The standard InChI is InChI=1S/C28H32F4N4O3S/c1-39-18-2-3-24-20(12-18)25(17(15-33)16-34-24)21(29)4-5-28(27(37)35-38)6-8-36(9-7-28)10-11-40-19-13-22(30)26(32)23(31)14-19/h2-3,12-14,16,21,38H,4-11,15,33H2,1H3,(H,35,37)/t21-/m1/s1. The lowest BCUT2D eigenvalue weighted by molar-refractivity contribution is -0.143. The molecule has 216 valence electrons. The second-order valence-corrected chi connectivity index (χ2v) is 11.1. The van der Waals surface area contributed by atoms with Crippen molar-refractivity contribution in [1.29, 1.82) is 0 Å². The third kappa shape index (κ3) is 6.51. The maximum atomic E-state index is 15.9. The Kier molecular flexibility index (Phi) is 9.88. The largest absolute Gasteiger partial charge is 0.497 e. The number of nitrogens with zero attached hydrogens (tertiary/aromatic N) is 2. The van der Waals surface area contributed by atoms with E-state index in [1.807, 2.05) is 0 Å². The number of aromatic nitrogens is 1. The van der Waals surface area contributed by atoms with Crippen LogP contribution in [0.15, 0.2) is 41.4 Å². The van der Waals surface area contributed by atoms with Gasteiger partial charge in [0.15, 0.2) is 17.5 Å². The van der Waals surface area contributed by atoms with Crippen LogP contribution in [0.1, 0.15) is 43.0 Å². The fourth-order valence-corrected chi connectivity index (χ4v) is 6.22. The van der Waals surface area contributed by atoms with E-state index in [2.05, 4.69) is 9.88 Å². The number of nitrogens with two attached hydrogens (primary N) is 1. The number of pyridine rings is 1. The van der Waals surface area contributed by atoms with Crippen molar-refractivity contribution in [3.05, 3.63) is 65.1 Å². The van der Waals surface area contributed by atoms with Gasteiger partial charge in [-0.2, -0.15) is 0 Å². The van der Waals surface area contributed by atoms with Crippen LogP contribution in [0.25, 0.3) is 10.9 Å². The van der Waals surface area contributed by atoms with Crippen LogP contribution in [0.5, 0.6) is 5.75 Å². The number of piperidine rings is 1. The Hall–Kier alpha value is -2.93. The average molecular weight is 581 g/mol. The molecule has 1 fully saturated rings. The van der Waals surface area contributed by atoms with Gasteiger partial charge in [0.1, 0.15) is 11.9 Å². The highest BCUT2D eigenvalue weighted by Crippen LogP contribution is 2.41. The van der Waals surface area contributed by atoms with Crippen LogP contribution in [-0.4, -0.2) is 53.5 Å². The number of ether oxygens (including phenoxy) is 1. The van der Waals surface area contributed by atoms with Gasteiger partial charge in [0.25, 0.3) is 0 Å². The number of benzene rings is 2. The molecule has 0 spiro atoms. The van der Waals surface area contributed by atoms with Crippen molar-refractivity contribution in [2.75, 3.05) is 32.5 Å². The van der Waals surface area contributed by atoms with E-state index in [1.165, 1.54) is 18.9 Å². The summed E-state index contributed by atoms with van der Waals surface area (Å²) in [7, 11) is 1.53. The number of halogens is 4. The zero-order valence-electron chi connectivity index (χ0n) is 22.1. The molecule has 1 aliphatic heterocycles. The van der Waals surface area contributed by atoms with Crippen molar-refractivity contribution in [2.45, 2.75) is 43.3 Å². The highest BCUT2D eigenvalue weighted by atomic mass is 32.2. The number of hydrogen-bond acceptors (Lipinski definition) is 7. The minimum atomic E-state index is -1.49. The maximum Gasteiger partial charge on any atom is 0.249 e. The number of rotatable bonds is 11. The molecule has 4 N–H and O–H groups in total. The molecule has 0 aliphatic carbocycles. The molecule has 0 unspecified atom stereocenters. The van der Waals surface area contributed by atoms with Gasteiger partial charge in [-0.15, -0.1) is 11.8 Å². The first-order valence-corrected chi connectivity index (χ1v) is 13.9. The lowest BCUT2D eigenvalue weighted by Gasteiger charge is -2.40. The van der Waals surface area contributed by atoms with Crippen molar-refractivity contribution < 1.29 is 32.3 Å². The van der Waals surface area contributed by atoms with E-state index in [1.54, 1.807) is 29.9 Å². The summed E-state index contributed by atoms with van der Waals surface area (Å²) in [5.74, 6) is -3.45. The molecular formula is C28H32F4N4O3S. The summed E-state index contributed by atoms with van der Waals surface area (Å²) in [6.07, 6.45) is 1.17. The van der Waals surface area contributed by atoms with Crippen LogP contribution >= 0.6 is 11.8 Å². The lowest BCUT2D eigenvalue weighted by atomic mass is 9.73. The van der Waals surface area contributed by atoms with E-state index < -0.39 is 34.9 Å². The highest BCUT2D eigenvalue weighted by molar-refractivity contribution is 7.99. The zero-order valence-corrected chi connectivity index (χ0v) is 22.9. The third-order valence-electron chi connectivity index (χ3n) is 7.64. The Morgan fingerprint density at radius 3 is 2.55 bits per heavy atom. The zero-order chi connectivity index (χ0) is 28.9. The van der Waals surface area contributed by atoms with Gasteiger partial charge in [-0.1, -0.05) is 0 Å². The van der Waals surface area contributed by atoms with Gasteiger partial charge in [0.05, 0.1) is 18.0 Å². The third-order valence-corrected chi connectivity index (χ3v) is 8.59. The Morgan fingerprint density at radius 2 is 1.93 bits per heavy atom. The van der Waals surface area contributed by atoms with Crippen LogP contribution in [0.3, 0.4) is 0 Å². The second kappa shape index (κ2) is 13.2. The molecule has 1 atom stereocenters. The first kappa shape index (κ1) is 30.0. The van der Waals surface area contributed by atoms with Gasteiger partial charge >= 0.3 is 0 Å². The molecule has 1 saturated heterocycles. The molecule has 1 amide bonds. The maximum absolute atomic E-state index is 15.9. The first-order chi connectivity index (χ1) is 19.2. The Bertz CT molecular complexity index is 1330. The summed E-state index contributed by atoms with van der Waals surface area (Å²) in [5.41, 5.74) is 8.31. The van der Waals surface area contributed by atoms with Gasteiger partial charge in [-0.05, 0) is 74.7 Å². The SMILES string of the molecule is COc1ccc2ncc(CN)c([C@H](F)CCC3(C(=O)NO)CCN(CCSc4cc(F)c(F)c(F)c4)CC3)c2c1. The van der Waals surface area contributed by atoms with Crippen molar-refractivity contribution in [3.8, 4) is 5.75 Å². The normalized spacial score (nSPS) is 16.2. The number of fused-ring (bicyclic) bond motifs is 1. The summed E-state index contributed by atoms with van der Waals surface area (Å²) in [5, 5.41) is 10.1. The number of amides is 1. The van der Waals surface area contributed by atoms with Gasteiger partial charge in [0, 0.05) is 40.9 Å². The minimum Gasteiger partial charge on any atom is -0.497 e. The smallest absolute Gasteiger partial charge is 0.249 e. The number of hydrogen-bond donors (Lipinski definition) is 3. The number of likely N-dealkylation sites (tertiary alicyclic amines) is 1.